The Kier molecular flexibility index (Phi) is 4.42. The van der Waals surface area contributed by atoms with Crippen molar-refractivity contribution in [2.45, 2.75) is 44.6 Å². The molecule has 0 unspecified atom stereocenters. The minimum absolute atomic E-state index is 0.303. The van der Waals surface area contributed by atoms with Gasteiger partial charge < -0.3 is 10.2 Å². The number of fused-ring (bicyclic) bond motifs is 1. The van der Waals surface area contributed by atoms with Crippen molar-refractivity contribution in [3.05, 3.63) is 35.7 Å². The zero-order valence-corrected chi connectivity index (χ0v) is 14.1. The summed E-state index contributed by atoms with van der Waals surface area (Å²) in [5, 5.41) is 12.5. The number of rotatable bonds is 3. The highest BCUT2D eigenvalue weighted by Crippen LogP contribution is 2.29. The minimum Gasteiger partial charge on any atom is -0.365 e. The molecule has 0 spiro atoms. The van der Waals surface area contributed by atoms with Crippen LogP contribution in [0.3, 0.4) is 0 Å². The van der Waals surface area contributed by atoms with Gasteiger partial charge in [-0.15, -0.1) is 0 Å². The lowest BCUT2D eigenvalue weighted by Crippen LogP contribution is -2.40. The average Bonchev–Trinajstić information content (AvgIpc) is 2.69. The van der Waals surface area contributed by atoms with Crippen LogP contribution in [0.2, 0.25) is 0 Å². The van der Waals surface area contributed by atoms with E-state index in [2.05, 4.69) is 36.2 Å². The van der Waals surface area contributed by atoms with Gasteiger partial charge >= 0.3 is 0 Å². The van der Waals surface area contributed by atoms with Gasteiger partial charge in [0.1, 0.15) is 18.2 Å². The topological polar surface area (TPSA) is 90.6 Å². The molecule has 3 heterocycles. The van der Waals surface area contributed by atoms with Crippen molar-refractivity contribution in [2.75, 3.05) is 23.3 Å². The van der Waals surface area contributed by atoms with Crippen molar-refractivity contribution < 1.29 is 0 Å². The Balaban J connectivity index is 1.43. The molecule has 1 saturated heterocycles. The summed E-state index contributed by atoms with van der Waals surface area (Å²) in [6, 6.07) is 2.39. The monoisotopic (exact) mass is 335 g/mol. The second-order valence-electron chi connectivity index (χ2n) is 6.60. The molecule has 4 rings (SSSR count). The summed E-state index contributed by atoms with van der Waals surface area (Å²) in [5.41, 5.74) is 2.94. The number of aryl methyl sites for hydroxylation is 1. The van der Waals surface area contributed by atoms with Gasteiger partial charge in [-0.2, -0.15) is 5.26 Å². The molecule has 2 aliphatic rings. The second kappa shape index (κ2) is 7.01. The summed E-state index contributed by atoms with van der Waals surface area (Å²) in [6.45, 7) is 1.90. The van der Waals surface area contributed by atoms with Crippen LogP contribution in [0.25, 0.3) is 0 Å². The molecule has 2 aromatic rings. The number of nitrogens with zero attached hydrogens (tertiary/aromatic N) is 6. The molecule has 2 aromatic heterocycles. The fourth-order valence-electron chi connectivity index (χ4n) is 3.73. The lowest BCUT2D eigenvalue weighted by molar-refractivity contribution is 0.518. The summed E-state index contributed by atoms with van der Waals surface area (Å²) < 4.78 is 0. The normalized spacial score (nSPS) is 17.6. The van der Waals surface area contributed by atoms with Gasteiger partial charge in [-0.25, -0.2) is 19.9 Å². The van der Waals surface area contributed by atoms with E-state index in [-0.39, 0.29) is 0 Å². The summed E-state index contributed by atoms with van der Waals surface area (Å²) >= 11 is 0. The lowest BCUT2D eigenvalue weighted by atomic mass is 9.95. The van der Waals surface area contributed by atoms with Crippen LogP contribution in [0.4, 0.5) is 11.6 Å². The Morgan fingerprint density at radius 3 is 2.68 bits per heavy atom. The first-order chi connectivity index (χ1) is 12.3. The van der Waals surface area contributed by atoms with E-state index in [9.17, 15) is 0 Å². The van der Waals surface area contributed by atoms with Crippen LogP contribution in [0.15, 0.2) is 18.7 Å². The van der Waals surface area contributed by atoms with E-state index < -0.39 is 0 Å². The molecule has 1 N–H and O–H groups in total. The number of piperidine rings is 1. The Hall–Kier alpha value is -2.75. The van der Waals surface area contributed by atoms with Crippen molar-refractivity contribution >= 4 is 11.6 Å². The van der Waals surface area contributed by atoms with E-state index in [1.165, 1.54) is 24.1 Å². The third kappa shape index (κ3) is 3.25. The molecule has 0 radical (unpaired) electrons. The number of hydrogen-bond donors (Lipinski definition) is 1. The highest BCUT2D eigenvalue weighted by Gasteiger charge is 2.25. The number of anilines is 2. The van der Waals surface area contributed by atoms with Gasteiger partial charge in [-0.1, -0.05) is 0 Å². The summed E-state index contributed by atoms with van der Waals surface area (Å²) in [4.78, 5) is 19.7. The molecule has 7 heteroatoms. The predicted octanol–water partition coefficient (Wildman–Crippen LogP) is 2.10. The maximum atomic E-state index is 9.14. The summed E-state index contributed by atoms with van der Waals surface area (Å²) in [6.07, 6.45) is 11.5. The molecule has 1 aliphatic carbocycles. The summed E-state index contributed by atoms with van der Waals surface area (Å²) in [7, 11) is 0. The fourth-order valence-corrected chi connectivity index (χ4v) is 3.73. The molecule has 0 amide bonds. The lowest BCUT2D eigenvalue weighted by Gasteiger charge is -2.35. The molecule has 128 valence electrons. The highest BCUT2D eigenvalue weighted by molar-refractivity contribution is 5.51. The maximum absolute atomic E-state index is 9.14. The molecule has 0 aromatic carbocycles. The first-order valence-electron chi connectivity index (χ1n) is 8.90. The summed E-state index contributed by atoms with van der Waals surface area (Å²) in [5.74, 6) is 1.71. The van der Waals surface area contributed by atoms with Crippen LogP contribution >= 0.6 is 0 Å². The molecule has 25 heavy (non-hydrogen) atoms. The van der Waals surface area contributed by atoms with E-state index in [0.29, 0.717) is 17.6 Å². The SMILES string of the molecule is N#Cc1nccnc1NC1CCN(c2ncnc3c2CCCC3)CC1. The van der Waals surface area contributed by atoms with Crippen molar-refractivity contribution in [2.24, 2.45) is 0 Å². The number of aromatic nitrogens is 4. The van der Waals surface area contributed by atoms with Crippen molar-refractivity contribution in [3.8, 4) is 6.07 Å². The number of nitriles is 1. The van der Waals surface area contributed by atoms with Crippen LogP contribution in [-0.2, 0) is 12.8 Å². The Bertz CT molecular complexity index is 790. The van der Waals surface area contributed by atoms with Gasteiger partial charge in [0.05, 0.1) is 0 Å². The zero-order valence-electron chi connectivity index (χ0n) is 14.1. The third-order valence-corrected chi connectivity index (χ3v) is 5.04. The van der Waals surface area contributed by atoms with Crippen molar-refractivity contribution in [1.82, 2.24) is 19.9 Å². The van der Waals surface area contributed by atoms with E-state index in [1.807, 2.05) is 0 Å². The third-order valence-electron chi connectivity index (χ3n) is 5.04. The Labute approximate surface area is 147 Å². The molecular formula is C18H21N7. The van der Waals surface area contributed by atoms with Gasteiger partial charge in [-0.3, -0.25) is 0 Å². The minimum atomic E-state index is 0.303. The number of nitrogens with one attached hydrogen (secondary N) is 1. The van der Waals surface area contributed by atoms with Gasteiger partial charge in [-0.05, 0) is 38.5 Å². The largest absolute Gasteiger partial charge is 0.365 e. The molecule has 1 fully saturated rings. The van der Waals surface area contributed by atoms with E-state index in [0.717, 1.165) is 44.6 Å². The molecule has 7 nitrogen and oxygen atoms in total. The molecule has 0 saturated carbocycles. The van der Waals surface area contributed by atoms with Crippen molar-refractivity contribution in [3.63, 3.8) is 0 Å². The van der Waals surface area contributed by atoms with Gasteiger partial charge in [0.15, 0.2) is 11.5 Å². The van der Waals surface area contributed by atoms with Crippen LogP contribution in [-0.4, -0.2) is 39.1 Å². The Morgan fingerprint density at radius 1 is 1.04 bits per heavy atom. The molecular weight excluding hydrogens is 314 g/mol. The van der Waals surface area contributed by atoms with Crippen LogP contribution in [0, 0.1) is 11.3 Å². The van der Waals surface area contributed by atoms with Crippen LogP contribution < -0.4 is 10.2 Å². The number of hydrogen-bond acceptors (Lipinski definition) is 7. The van der Waals surface area contributed by atoms with Gasteiger partial charge in [0.2, 0.25) is 0 Å². The average molecular weight is 335 g/mol. The molecule has 0 bridgehead atoms. The van der Waals surface area contributed by atoms with Crippen LogP contribution in [0.5, 0.6) is 0 Å². The Morgan fingerprint density at radius 2 is 1.84 bits per heavy atom. The maximum Gasteiger partial charge on any atom is 0.182 e. The van der Waals surface area contributed by atoms with Gasteiger partial charge in [0, 0.05) is 42.8 Å². The smallest absolute Gasteiger partial charge is 0.182 e. The standard InChI is InChI=1S/C18H21N7/c19-11-16-17(21-8-7-20-16)24-13-5-9-25(10-6-13)18-14-3-1-2-4-15(14)22-12-23-18/h7-8,12-13H,1-6,9-10H2,(H,21,24). The van der Waals surface area contributed by atoms with E-state index >= 15 is 0 Å². The molecule has 1 aliphatic heterocycles. The van der Waals surface area contributed by atoms with E-state index in [4.69, 9.17) is 5.26 Å². The van der Waals surface area contributed by atoms with E-state index in [1.54, 1.807) is 18.7 Å². The highest BCUT2D eigenvalue weighted by atomic mass is 15.2. The quantitative estimate of drug-likeness (QED) is 0.918. The second-order valence-corrected chi connectivity index (χ2v) is 6.60. The van der Waals surface area contributed by atoms with Crippen molar-refractivity contribution in [1.29, 1.82) is 5.26 Å². The fraction of sp³-hybridized carbons (Fsp3) is 0.500. The first kappa shape index (κ1) is 15.8. The van der Waals surface area contributed by atoms with Crippen LogP contribution in [0.1, 0.15) is 42.6 Å². The molecule has 0 atom stereocenters. The first-order valence-corrected chi connectivity index (χ1v) is 8.90. The zero-order chi connectivity index (χ0) is 17.1. The predicted molar refractivity (Wildman–Crippen MR) is 94.3 cm³/mol. The van der Waals surface area contributed by atoms with Gasteiger partial charge in [0.25, 0.3) is 0 Å².